The summed E-state index contributed by atoms with van der Waals surface area (Å²) in [5.41, 5.74) is 1.29. The smallest absolute Gasteiger partial charge is 0.333 e. The normalized spacial score (nSPS) is 18.7. The van der Waals surface area contributed by atoms with Gasteiger partial charge >= 0.3 is 6.18 Å². The van der Waals surface area contributed by atoms with Crippen LogP contribution in [-0.4, -0.2) is 36.0 Å². The number of hydrogen-bond acceptors (Lipinski definition) is 2. The van der Waals surface area contributed by atoms with E-state index in [1.165, 1.54) is 0 Å². The van der Waals surface area contributed by atoms with Gasteiger partial charge in [0.25, 0.3) is 0 Å². The maximum Gasteiger partial charge on any atom is 0.406 e. The topological polar surface area (TPSA) is 49.4 Å². The van der Waals surface area contributed by atoms with Gasteiger partial charge in [0.1, 0.15) is 6.54 Å². The third kappa shape index (κ3) is 4.13. The Kier molecular flexibility index (Phi) is 4.65. The Morgan fingerprint density at radius 3 is 2.73 bits per heavy atom. The average Bonchev–Trinajstić information content (AvgIpc) is 2.73. The molecule has 1 aromatic rings. The Hall–Kier alpha value is -1.76. The quantitative estimate of drug-likeness (QED) is 0.923. The first-order valence-electron chi connectivity index (χ1n) is 6.57. The molecule has 1 heterocycles. The minimum absolute atomic E-state index is 0.221. The van der Waals surface area contributed by atoms with Crippen molar-refractivity contribution in [2.45, 2.75) is 19.5 Å². The molecule has 0 saturated carbocycles. The monoisotopic (exact) mass is 334 g/mol. The van der Waals surface area contributed by atoms with Crippen molar-refractivity contribution < 1.29 is 22.8 Å². The van der Waals surface area contributed by atoms with E-state index < -0.39 is 30.5 Å². The van der Waals surface area contributed by atoms with Gasteiger partial charge in [-0.3, -0.25) is 9.59 Å². The molecule has 0 radical (unpaired) electrons. The highest BCUT2D eigenvalue weighted by molar-refractivity contribution is 6.31. The van der Waals surface area contributed by atoms with Crippen molar-refractivity contribution in [3.63, 3.8) is 0 Å². The summed E-state index contributed by atoms with van der Waals surface area (Å²) < 4.78 is 37.0. The maximum absolute atomic E-state index is 12.3. The molecule has 1 N–H and O–H groups in total. The number of carbonyl (C=O) groups is 2. The van der Waals surface area contributed by atoms with Crippen molar-refractivity contribution in [1.82, 2.24) is 4.90 Å². The molecular weight excluding hydrogens is 321 g/mol. The lowest BCUT2D eigenvalue weighted by Crippen LogP contribution is -2.36. The van der Waals surface area contributed by atoms with Crippen LogP contribution in [0.25, 0.3) is 0 Å². The van der Waals surface area contributed by atoms with Crippen LogP contribution in [0.15, 0.2) is 18.2 Å². The van der Waals surface area contributed by atoms with E-state index in [2.05, 4.69) is 5.32 Å². The summed E-state index contributed by atoms with van der Waals surface area (Å²) >= 11 is 5.94. The van der Waals surface area contributed by atoms with Crippen LogP contribution in [0.3, 0.4) is 0 Å². The van der Waals surface area contributed by atoms with Gasteiger partial charge in [0, 0.05) is 23.7 Å². The first-order chi connectivity index (χ1) is 10.2. The molecule has 1 atom stereocenters. The van der Waals surface area contributed by atoms with E-state index >= 15 is 0 Å². The number of aryl methyl sites for hydroxylation is 1. The predicted octanol–water partition coefficient (Wildman–Crippen LogP) is 3.00. The number of alkyl halides is 3. The van der Waals surface area contributed by atoms with E-state index in [9.17, 15) is 22.8 Å². The van der Waals surface area contributed by atoms with Crippen LogP contribution in [0.4, 0.5) is 18.9 Å². The SMILES string of the molecule is Cc1ccc(NC(=O)[C@@H]2CC(=O)N(CC(F)(F)F)C2)cc1Cl. The van der Waals surface area contributed by atoms with E-state index in [4.69, 9.17) is 11.6 Å². The zero-order valence-corrected chi connectivity index (χ0v) is 12.5. The summed E-state index contributed by atoms with van der Waals surface area (Å²) in [4.78, 5) is 24.3. The number of rotatable bonds is 3. The number of benzene rings is 1. The molecule has 1 aromatic carbocycles. The zero-order valence-electron chi connectivity index (χ0n) is 11.7. The molecule has 22 heavy (non-hydrogen) atoms. The Morgan fingerprint density at radius 2 is 2.14 bits per heavy atom. The van der Waals surface area contributed by atoms with Crippen LogP contribution >= 0.6 is 11.6 Å². The Balaban J connectivity index is 1.99. The van der Waals surface area contributed by atoms with Crippen LogP contribution in [-0.2, 0) is 9.59 Å². The number of carbonyl (C=O) groups excluding carboxylic acids is 2. The lowest BCUT2D eigenvalue weighted by atomic mass is 10.1. The van der Waals surface area contributed by atoms with Crippen LogP contribution < -0.4 is 5.32 Å². The lowest BCUT2D eigenvalue weighted by Gasteiger charge is -2.18. The molecule has 0 aliphatic carbocycles. The Bertz CT molecular complexity index is 604. The third-order valence-electron chi connectivity index (χ3n) is 3.39. The van der Waals surface area contributed by atoms with Crippen molar-refractivity contribution in [1.29, 1.82) is 0 Å². The highest BCUT2D eigenvalue weighted by atomic mass is 35.5. The molecule has 0 aromatic heterocycles. The van der Waals surface area contributed by atoms with Crippen molar-refractivity contribution in [2.75, 3.05) is 18.4 Å². The van der Waals surface area contributed by atoms with Gasteiger partial charge in [-0.25, -0.2) is 0 Å². The summed E-state index contributed by atoms with van der Waals surface area (Å²) in [6.45, 7) is 0.244. The fraction of sp³-hybridized carbons (Fsp3) is 0.429. The standard InChI is InChI=1S/C14H14ClF3N2O2/c1-8-2-3-10(5-11(8)15)19-13(22)9-4-12(21)20(6-9)7-14(16,17)18/h2-3,5,9H,4,6-7H2,1H3,(H,19,22)/t9-/m1/s1. The summed E-state index contributed by atoms with van der Waals surface area (Å²) in [6, 6.07) is 4.91. The Labute approximate surface area is 130 Å². The van der Waals surface area contributed by atoms with E-state index in [0.717, 1.165) is 5.56 Å². The van der Waals surface area contributed by atoms with Crippen LogP contribution in [0.5, 0.6) is 0 Å². The van der Waals surface area contributed by atoms with E-state index in [0.29, 0.717) is 15.6 Å². The largest absolute Gasteiger partial charge is 0.406 e. The van der Waals surface area contributed by atoms with Crippen molar-refractivity contribution in [2.24, 2.45) is 5.92 Å². The van der Waals surface area contributed by atoms with Gasteiger partial charge in [0.2, 0.25) is 11.8 Å². The van der Waals surface area contributed by atoms with Gasteiger partial charge < -0.3 is 10.2 Å². The van der Waals surface area contributed by atoms with E-state index in [1.54, 1.807) is 25.1 Å². The number of likely N-dealkylation sites (tertiary alicyclic amines) is 1. The summed E-state index contributed by atoms with van der Waals surface area (Å²) in [5, 5.41) is 3.04. The molecule has 0 unspecified atom stereocenters. The molecule has 1 fully saturated rings. The second-order valence-electron chi connectivity index (χ2n) is 5.24. The van der Waals surface area contributed by atoms with Gasteiger partial charge in [-0.05, 0) is 24.6 Å². The minimum Gasteiger partial charge on any atom is -0.333 e. The molecule has 8 heteroatoms. The van der Waals surface area contributed by atoms with Gasteiger partial charge in [0.15, 0.2) is 0 Å². The first kappa shape index (κ1) is 16.6. The highest BCUT2D eigenvalue weighted by Gasteiger charge is 2.40. The number of anilines is 1. The minimum atomic E-state index is -4.47. The molecule has 4 nitrogen and oxygen atoms in total. The van der Waals surface area contributed by atoms with Gasteiger partial charge in [-0.1, -0.05) is 17.7 Å². The van der Waals surface area contributed by atoms with Gasteiger partial charge in [0.05, 0.1) is 5.92 Å². The van der Waals surface area contributed by atoms with Crippen molar-refractivity contribution >= 4 is 29.1 Å². The van der Waals surface area contributed by atoms with Crippen LogP contribution in [0.1, 0.15) is 12.0 Å². The third-order valence-corrected chi connectivity index (χ3v) is 3.80. The second-order valence-corrected chi connectivity index (χ2v) is 5.65. The summed E-state index contributed by atoms with van der Waals surface area (Å²) in [7, 11) is 0. The number of halogens is 4. The van der Waals surface area contributed by atoms with E-state index in [-0.39, 0.29) is 13.0 Å². The predicted molar refractivity (Wildman–Crippen MR) is 75.6 cm³/mol. The molecule has 1 aliphatic heterocycles. The molecule has 0 spiro atoms. The number of nitrogens with one attached hydrogen (secondary N) is 1. The van der Waals surface area contributed by atoms with Crippen molar-refractivity contribution in [3.8, 4) is 0 Å². The van der Waals surface area contributed by atoms with Crippen molar-refractivity contribution in [3.05, 3.63) is 28.8 Å². The molecule has 2 amide bonds. The Morgan fingerprint density at radius 1 is 1.45 bits per heavy atom. The average molecular weight is 335 g/mol. The number of nitrogens with zero attached hydrogens (tertiary/aromatic N) is 1. The molecule has 0 bridgehead atoms. The second kappa shape index (κ2) is 6.16. The summed E-state index contributed by atoms with van der Waals surface area (Å²) in [5.74, 6) is -1.95. The fourth-order valence-electron chi connectivity index (χ4n) is 2.23. The highest BCUT2D eigenvalue weighted by Crippen LogP contribution is 2.25. The number of hydrogen-bond donors (Lipinski definition) is 1. The maximum atomic E-state index is 12.3. The zero-order chi connectivity index (χ0) is 16.5. The fourth-order valence-corrected chi connectivity index (χ4v) is 2.41. The van der Waals surface area contributed by atoms with Gasteiger partial charge in [-0.2, -0.15) is 13.2 Å². The molecular formula is C14H14ClF3N2O2. The summed E-state index contributed by atoms with van der Waals surface area (Å²) in [6.07, 6.45) is -4.69. The van der Waals surface area contributed by atoms with Crippen LogP contribution in [0.2, 0.25) is 5.02 Å². The first-order valence-corrected chi connectivity index (χ1v) is 6.95. The number of amides is 2. The molecule has 2 rings (SSSR count). The molecule has 1 aliphatic rings. The molecule has 120 valence electrons. The molecule has 1 saturated heterocycles. The van der Waals surface area contributed by atoms with Crippen LogP contribution in [0, 0.1) is 12.8 Å². The lowest BCUT2D eigenvalue weighted by molar-refractivity contribution is -0.157. The van der Waals surface area contributed by atoms with E-state index in [1.807, 2.05) is 0 Å². The van der Waals surface area contributed by atoms with Gasteiger partial charge in [-0.15, -0.1) is 0 Å².